The molecular formula is C15H19N3. The summed E-state index contributed by atoms with van der Waals surface area (Å²) in [7, 11) is 0. The zero-order valence-electron chi connectivity index (χ0n) is 11.0. The second-order valence-electron chi connectivity index (χ2n) is 5.16. The number of hydrogen-bond donors (Lipinski definition) is 1. The largest absolute Gasteiger partial charge is 0.310 e. The zero-order chi connectivity index (χ0) is 12.5. The number of nitrogens with one attached hydrogen (secondary N) is 1. The highest BCUT2D eigenvalue weighted by Gasteiger charge is 2.19. The number of aryl methyl sites for hydroxylation is 2. The predicted octanol–water partition coefficient (Wildman–Crippen LogP) is 2.74. The van der Waals surface area contributed by atoms with E-state index in [1.165, 1.54) is 24.1 Å². The maximum atomic E-state index is 4.53. The van der Waals surface area contributed by atoms with Crippen molar-refractivity contribution in [2.45, 2.75) is 39.3 Å². The van der Waals surface area contributed by atoms with Crippen LogP contribution in [-0.4, -0.2) is 15.8 Å². The minimum absolute atomic E-state index is 0.752. The zero-order valence-corrected chi connectivity index (χ0v) is 11.0. The molecule has 2 aromatic rings. The molecule has 1 saturated carbocycles. The topological polar surface area (TPSA) is 29.9 Å². The molecule has 1 aliphatic carbocycles. The van der Waals surface area contributed by atoms with Gasteiger partial charge in [0.2, 0.25) is 0 Å². The number of aromatic nitrogens is 2. The standard InChI is InChI=1S/C15H19N3/c1-11-8-12(2)18(17-11)15-5-3-4-13(9-15)10-16-14-6-7-14/h3-5,8-9,14,16H,6-7,10H2,1-2H3. The molecule has 94 valence electrons. The van der Waals surface area contributed by atoms with Crippen LogP contribution >= 0.6 is 0 Å². The lowest BCUT2D eigenvalue weighted by Crippen LogP contribution is -2.15. The predicted molar refractivity (Wildman–Crippen MR) is 72.9 cm³/mol. The van der Waals surface area contributed by atoms with Crippen LogP contribution in [0.1, 0.15) is 29.8 Å². The third kappa shape index (κ3) is 2.46. The summed E-state index contributed by atoms with van der Waals surface area (Å²) in [4.78, 5) is 0. The van der Waals surface area contributed by atoms with Crippen LogP contribution in [0.3, 0.4) is 0 Å². The van der Waals surface area contributed by atoms with Crippen molar-refractivity contribution in [3.63, 3.8) is 0 Å². The molecule has 0 saturated heterocycles. The molecule has 0 radical (unpaired) electrons. The molecule has 3 nitrogen and oxygen atoms in total. The summed E-state index contributed by atoms with van der Waals surface area (Å²) >= 11 is 0. The van der Waals surface area contributed by atoms with Gasteiger partial charge in [-0.2, -0.15) is 5.10 Å². The quantitative estimate of drug-likeness (QED) is 0.892. The Morgan fingerprint density at radius 2 is 2.11 bits per heavy atom. The van der Waals surface area contributed by atoms with E-state index in [0.717, 1.165) is 24.0 Å². The monoisotopic (exact) mass is 241 g/mol. The third-order valence-electron chi connectivity index (χ3n) is 3.34. The van der Waals surface area contributed by atoms with E-state index in [9.17, 15) is 0 Å². The lowest BCUT2D eigenvalue weighted by atomic mass is 10.2. The van der Waals surface area contributed by atoms with Crippen molar-refractivity contribution < 1.29 is 0 Å². The molecule has 1 aromatic carbocycles. The third-order valence-corrected chi connectivity index (χ3v) is 3.34. The van der Waals surface area contributed by atoms with Crippen molar-refractivity contribution in [1.29, 1.82) is 0 Å². The van der Waals surface area contributed by atoms with E-state index in [0.29, 0.717) is 0 Å². The first kappa shape index (κ1) is 11.5. The van der Waals surface area contributed by atoms with Crippen molar-refractivity contribution in [2.24, 2.45) is 0 Å². The van der Waals surface area contributed by atoms with Crippen molar-refractivity contribution >= 4 is 0 Å². The SMILES string of the molecule is Cc1cc(C)n(-c2cccc(CNC3CC3)c2)n1. The summed E-state index contributed by atoms with van der Waals surface area (Å²) in [6.45, 7) is 5.08. The summed E-state index contributed by atoms with van der Waals surface area (Å²) < 4.78 is 2.01. The van der Waals surface area contributed by atoms with Crippen LogP contribution in [0.4, 0.5) is 0 Å². The van der Waals surface area contributed by atoms with Gasteiger partial charge in [-0.15, -0.1) is 0 Å². The Morgan fingerprint density at radius 3 is 2.78 bits per heavy atom. The molecule has 0 spiro atoms. The Hall–Kier alpha value is -1.61. The van der Waals surface area contributed by atoms with E-state index in [-0.39, 0.29) is 0 Å². The van der Waals surface area contributed by atoms with Crippen molar-refractivity contribution in [3.05, 3.63) is 47.3 Å². The lowest BCUT2D eigenvalue weighted by molar-refractivity contribution is 0.686. The molecular weight excluding hydrogens is 222 g/mol. The average Bonchev–Trinajstić information content (AvgIpc) is 3.12. The second-order valence-corrected chi connectivity index (χ2v) is 5.16. The summed E-state index contributed by atoms with van der Waals surface area (Å²) in [5.41, 5.74) is 4.72. The molecule has 0 bridgehead atoms. The van der Waals surface area contributed by atoms with E-state index in [1.807, 2.05) is 11.6 Å². The minimum Gasteiger partial charge on any atom is -0.310 e. The van der Waals surface area contributed by atoms with Crippen LogP contribution in [0.15, 0.2) is 30.3 Å². The number of hydrogen-bond acceptors (Lipinski definition) is 2. The van der Waals surface area contributed by atoms with Crippen molar-refractivity contribution in [3.8, 4) is 5.69 Å². The normalized spacial score (nSPS) is 15.0. The molecule has 1 aliphatic rings. The van der Waals surface area contributed by atoms with Crippen molar-refractivity contribution in [1.82, 2.24) is 15.1 Å². The summed E-state index contributed by atoms with van der Waals surface area (Å²) in [6, 6.07) is 11.5. The Labute approximate surface area is 108 Å². The van der Waals surface area contributed by atoms with Crippen LogP contribution < -0.4 is 5.32 Å². The highest BCUT2D eigenvalue weighted by Crippen LogP contribution is 2.20. The second kappa shape index (κ2) is 4.58. The van der Waals surface area contributed by atoms with Crippen LogP contribution in [-0.2, 0) is 6.54 Å². The number of rotatable bonds is 4. The maximum absolute atomic E-state index is 4.53. The molecule has 0 amide bonds. The molecule has 0 unspecified atom stereocenters. The molecule has 0 aliphatic heterocycles. The first-order valence-electron chi connectivity index (χ1n) is 6.58. The van der Waals surface area contributed by atoms with Gasteiger partial charge in [0.05, 0.1) is 11.4 Å². The summed E-state index contributed by atoms with van der Waals surface area (Å²) in [5, 5.41) is 8.07. The fraction of sp³-hybridized carbons (Fsp3) is 0.400. The first-order valence-corrected chi connectivity index (χ1v) is 6.58. The molecule has 18 heavy (non-hydrogen) atoms. The summed E-state index contributed by atoms with van der Waals surface area (Å²) in [5.74, 6) is 0. The van der Waals surface area contributed by atoms with Crippen LogP contribution in [0.2, 0.25) is 0 Å². The van der Waals surface area contributed by atoms with Gasteiger partial charge in [0.15, 0.2) is 0 Å². The van der Waals surface area contributed by atoms with Gasteiger partial charge in [-0.25, -0.2) is 4.68 Å². The van der Waals surface area contributed by atoms with Gasteiger partial charge in [0, 0.05) is 18.3 Å². The van der Waals surface area contributed by atoms with E-state index in [1.54, 1.807) is 0 Å². The van der Waals surface area contributed by atoms with Gasteiger partial charge >= 0.3 is 0 Å². The lowest BCUT2D eigenvalue weighted by Gasteiger charge is -2.08. The first-order chi connectivity index (χ1) is 8.72. The number of benzene rings is 1. The van der Waals surface area contributed by atoms with Gasteiger partial charge in [-0.05, 0) is 50.5 Å². The summed E-state index contributed by atoms with van der Waals surface area (Å²) in [6.07, 6.45) is 2.66. The van der Waals surface area contributed by atoms with Crippen LogP contribution in [0, 0.1) is 13.8 Å². The molecule has 3 rings (SSSR count). The van der Waals surface area contributed by atoms with E-state index in [4.69, 9.17) is 0 Å². The molecule has 3 heteroatoms. The molecule has 0 atom stereocenters. The highest BCUT2D eigenvalue weighted by molar-refractivity contribution is 5.37. The van der Waals surface area contributed by atoms with Gasteiger partial charge in [-0.1, -0.05) is 12.1 Å². The Bertz CT molecular complexity index is 553. The van der Waals surface area contributed by atoms with Gasteiger partial charge < -0.3 is 5.32 Å². The molecule has 1 N–H and O–H groups in total. The molecule has 1 heterocycles. The van der Waals surface area contributed by atoms with Crippen LogP contribution in [0.5, 0.6) is 0 Å². The Kier molecular flexibility index (Phi) is 2.92. The Morgan fingerprint density at radius 1 is 1.28 bits per heavy atom. The molecule has 1 aromatic heterocycles. The fourth-order valence-corrected chi connectivity index (χ4v) is 2.24. The Balaban J connectivity index is 1.82. The average molecular weight is 241 g/mol. The number of nitrogens with zero attached hydrogens (tertiary/aromatic N) is 2. The van der Waals surface area contributed by atoms with Gasteiger partial charge in [0.1, 0.15) is 0 Å². The molecule has 1 fully saturated rings. The van der Waals surface area contributed by atoms with Crippen molar-refractivity contribution in [2.75, 3.05) is 0 Å². The highest BCUT2D eigenvalue weighted by atomic mass is 15.3. The van der Waals surface area contributed by atoms with E-state index in [2.05, 4.69) is 47.7 Å². The van der Waals surface area contributed by atoms with E-state index >= 15 is 0 Å². The smallest absolute Gasteiger partial charge is 0.0651 e. The maximum Gasteiger partial charge on any atom is 0.0651 e. The van der Waals surface area contributed by atoms with E-state index < -0.39 is 0 Å². The van der Waals surface area contributed by atoms with Crippen LogP contribution in [0.25, 0.3) is 5.69 Å². The van der Waals surface area contributed by atoms with Gasteiger partial charge in [-0.3, -0.25) is 0 Å². The fourth-order valence-electron chi connectivity index (χ4n) is 2.24. The van der Waals surface area contributed by atoms with Gasteiger partial charge in [0.25, 0.3) is 0 Å². The minimum atomic E-state index is 0.752.